The number of carbonyl (C=O) groups is 2. The lowest BCUT2D eigenvalue weighted by Gasteiger charge is -2.30. The first-order valence-corrected chi connectivity index (χ1v) is 9.34. The maximum atomic E-state index is 12.8. The largest absolute Gasteiger partial charge is 0.481 e. The SMILES string of the molecule is O=C(O)C1CCN(C(=O)c2ncn3c2COC(c2ccc(Cl)cc2)C3)CC1. The molecule has 0 spiro atoms. The van der Waals surface area contributed by atoms with Crippen LogP contribution in [0.3, 0.4) is 0 Å². The van der Waals surface area contributed by atoms with Gasteiger partial charge in [0.25, 0.3) is 5.91 Å². The van der Waals surface area contributed by atoms with Crippen molar-refractivity contribution in [2.24, 2.45) is 5.92 Å². The van der Waals surface area contributed by atoms with Gasteiger partial charge in [-0.15, -0.1) is 0 Å². The van der Waals surface area contributed by atoms with Crippen molar-refractivity contribution in [2.45, 2.75) is 32.1 Å². The summed E-state index contributed by atoms with van der Waals surface area (Å²) in [5.74, 6) is -1.31. The number of benzene rings is 1. The molecule has 2 aromatic rings. The van der Waals surface area contributed by atoms with Gasteiger partial charge < -0.3 is 19.3 Å². The second kappa shape index (κ2) is 7.32. The fourth-order valence-electron chi connectivity index (χ4n) is 3.66. The molecule has 3 heterocycles. The molecular formula is C19H20ClN3O4. The summed E-state index contributed by atoms with van der Waals surface area (Å²) in [5.41, 5.74) is 2.20. The zero-order valence-corrected chi connectivity index (χ0v) is 15.4. The Morgan fingerprint density at radius 3 is 2.56 bits per heavy atom. The number of aromatic nitrogens is 2. The summed E-state index contributed by atoms with van der Waals surface area (Å²) >= 11 is 5.94. The van der Waals surface area contributed by atoms with Crippen LogP contribution in [-0.2, 0) is 22.7 Å². The number of likely N-dealkylation sites (tertiary alicyclic amines) is 1. The molecule has 0 bridgehead atoms. The molecule has 7 nitrogen and oxygen atoms in total. The number of nitrogens with zero attached hydrogens (tertiary/aromatic N) is 3. The summed E-state index contributed by atoms with van der Waals surface area (Å²) in [4.78, 5) is 29.9. The molecule has 8 heteroatoms. The molecule has 2 aliphatic heterocycles. The predicted molar refractivity (Wildman–Crippen MR) is 97.5 cm³/mol. The lowest BCUT2D eigenvalue weighted by atomic mass is 9.97. The zero-order chi connectivity index (χ0) is 19.0. The fourth-order valence-corrected chi connectivity index (χ4v) is 3.79. The van der Waals surface area contributed by atoms with Gasteiger partial charge in [0.05, 0.1) is 31.1 Å². The molecular weight excluding hydrogens is 370 g/mol. The number of halogens is 1. The van der Waals surface area contributed by atoms with Crippen LogP contribution in [0.4, 0.5) is 0 Å². The van der Waals surface area contributed by atoms with Gasteiger partial charge in [-0.1, -0.05) is 23.7 Å². The summed E-state index contributed by atoms with van der Waals surface area (Å²) in [6.45, 7) is 1.77. The number of amides is 1. The number of aliphatic carboxylic acids is 1. The van der Waals surface area contributed by atoms with E-state index in [1.54, 1.807) is 11.2 Å². The van der Waals surface area contributed by atoms with E-state index >= 15 is 0 Å². The molecule has 1 N–H and O–H groups in total. The van der Waals surface area contributed by atoms with Crippen LogP contribution in [0.2, 0.25) is 5.02 Å². The van der Waals surface area contributed by atoms with E-state index in [0.29, 0.717) is 49.8 Å². The van der Waals surface area contributed by atoms with Crippen LogP contribution in [0.25, 0.3) is 0 Å². The Balaban J connectivity index is 1.46. The molecule has 142 valence electrons. The molecule has 1 saturated heterocycles. The average Bonchev–Trinajstić information content (AvgIpc) is 3.11. The molecule has 2 aliphatic rings. The number of fused-ring (bicyclic) bond motifs is 1. The number of piperidine rings is 1. The highest BCUT2D eigenvalue weighted by atomic mass is 35.5. The van der Waals surface area contributed by atoms with Crippen LogP contribution in [0.5, 0.6) is 0 Å². The Morgan fingerprint density at radius 2 is 1.89 bits per heavy atom. The summed E-state index contributed by atoms with van der Waals surface area (Å²) < 4.78 is 7.92. The normalized spacial score (nSPS) is 20.3. The van der Waals surface area contributed by atoms with Crippen molar-refractivity contribution in [3.05, 3.63) is 52.6 Å². The minimum atomic E-state index is -0.789. The first-order chi connectivity index (χ1) is 13.0. The Labute approximate surface area is 161 Å². The number of hydrogen-bond acceptors (Lipinski definition) is 4. The maximum absolute atomic E-state index is 12.8. The lowest BCUT2D eigenvalue weighted by molar-refractivity contribution is -0.143. The van der Waals surface area contributed by atoms with Gasteiger partial charge in [-0.25, -0.2) is 4.98 Å². The highest BCUT2D eigenvalue weighted by molar-refractivity contribution is 6.30. The summed E-state index contributed by atoms with van der Waals surface area (Å²) in [6, 6.07) is 7.54. The van der Waals surface area contributed by atoms with Crippen molar-refractivity contribution >= 4 is 23.5 Å². The van der Waals surface area contributed by atoms with Gasteiger partial charge in [-0.05, 0) is 30.5 Å². The number of hydrogen-bond donors (Lipinski definition) is 1. The number of imidazole rings is 1. The average molecular weight is 390 g/mol. The molecule has 1 unspecified atom stereocenters. The highest BCUT2D eigenvalue weighted by Crippen LogP contribution is 2.29. The van der Waals surface area contributed by atoms with Gasteiger partial charge in [0.1, 0.15) is 6.10 Å². The smallest absolute Gasteiger partial charge is 0.306 e. The molecule has 0 aliphatic carbocycles. The molecule has 1 aromatic carbocycles. The molecule has 0 saturated carbocycles. The van der Waals surface area contributed by atoms with Crippen LogP contribution in [0.1, 0.15) is 40.7 Å². The van der Waals surface area contributed by atoms with E-state index in [2.05, 4.69) is 4.98 Å². The number of ether oxygens (including phenoxy) is 1. The third kappa shape index (κ3) is 3.57. The standard InChI is InChI=1S/C19H20ClN3O4/c20-14-3-1-12(2-4-14)16-9-23-11-21-17(15(23)10-27-16)18(24)22-7-5-13(6-8-22)19(25)26/h1-4,11,13,16H,5-10H2,(H,25,26). The van der Waals surface area contributed by atoms with Crippen LogP contribution in [-0.4, -0.2) is 44.5 Å². The van der Waals surface area contributed by atoms with Gasteiger partial charge in [0, 0.05) is 18.1 Å². The fraction of sp³-hybridized carbons (Fsp3) is 0.421. The molecule has 4 rings (SSSR count). The van der Waals surface area contributed by atoms with Crippen molar-refractivity contribution in [2.75, 3.05) is 13.1 Å². The predicted octanol–water partition coefficient (Wildman–Crippen LogP) is 2.74. The van der Waals surface area contributed by atoms with Crippen molar-refractivity contribution in [3.63, 3.8) is 0 Å². The molecule has 0 radical (unpaired) electrons. The van der Waals surface area contributed by atoms with Crippen LogP contribution in [0.15, 0.2) is 30.6 Å². The number of rotatable bonds is 3. The Hall–Kier alpha value is -2.38. The molecule has 1 atom stereocenters. The van der Waals surface area contributed by atoms with Crippen molar-refractivity contribution in [1.29, 1.82) is 0 Å². The van der Waals surface area contributed by atoms with E-state index in [4.69, 9.17) is 21.4 Å². The van der Waals surface area contributed by atoms with Crippen LogP contribution in [0, 0.1) is 5.92 Å². The number of carbonyl (C=O) groups excluding carboxylic acids is 1. The first-order valence-electron chi connectivity index (χ1n) is 8.96. The van der Waals surface area contributed by atoms with Gasteiger partial charge in [-0.3, -0.25) is 9.59 Å². The summed E-state index contributed by atoms with van der Waals surface area (Å²) in [7, 11) is 0. The zero-order valence-electron chi connectivity index (χ0n) is 14.7. The Kier molecular flexibility index (Phi) is 4.88. The Bertz CT molecular complexity index is 856. The second-order valence-corrected chi connectivity index (χ2v) is 7.38. The topological polar surface area (TPSA) is 84.7 Å². The van der Waals surface area contributed by atoms with Crippen LogP contribution < -0.4 is 0 Å². The third-order valence-corrected chi connectivity index (χ3v) is 5.56. The van der Waals surface area contributed by atoms with Gasteiger partial charge in [0.15, 0.2) is 5.69 Å². The van der Waals surface area contributed by atoms with E-state index in [0.717, 1.165) is 11.3 Å². The minimum absolute atomic E-state index is 0.113. The molecule has 1 amide bonds. The van der Waals surface area contributed by atoms with E-state index in [9.17, 15) is 9.59 Å². The third-order valence-electron chi connectivity index (χ3n) is 5.31. The molecule has 1 fully saturated rings. The number of carboxylic acids is 1. The summed E-state index contributed by atoms with van der Waals surface area (Å²) in [6.07, 6.45) is 2.52. The van der Waals surface area contributed by atoms with Gasteiger partial charge in [-0.2, -0.15) is 0 Å². The van der Waals surface area contributed by atoms with Crippen molar-refractivity contribution in [1.82, 2.24) is 14.5 Å². The number of carboxylic acid groups (broad SMARTS) is 1. The maximum Gasteiger partial charge on any atom is 0.306 e. The quantitative estimate of drug-likeness (QED) is 0.872. The molecule has 1 aromatic heterocycles. The van der Waals surface area contributed by atoms with E-state index in [1.807, 2.05) is 28.8 Å². The van der Waals surface area contributed by atoms with Crippen LogP contribution >= 0.6 is 11.6 Å². The monoisotopic (exact) mass is 389 g/mol. The van der Waals surface area contributed by atoms with Gasteiger partial charge >= 0.3 is 5.97 Å². The van der Waals surface area contributed by atoms with Gasteiger partial charge in [0.2, 0.25) is 0 Å². The summed E-state index contributed by atoms with van der Waals surface area (Å²) in [5, 5.41) is 9.77. The highest BCUT2D eigenvalue weighted by Gasteiger charge is 2.32. The second-order valence-electron chi connectivity index (χ2n) is 6.95. The Morgan fingerprint density at radius 1 is 1.19 bits per heavy atom. The lowest BCUT2D eigenvalue weighted by Crippen LogP contribution is -2.41. The van der Waals surface area contributed by atoms with E-state index in [-0.39, 0.29) is 17.9 Å². The van der Waals surface area contributed by atoms with E-state index < -0.39 is 5.97 Å². The van der Waals surface area contributed by atoms with E-state index in [1.165, 1.54) is 0 Å². The van der Waals surface area contributed by atoms with Crippen molar-refractivity contribution in [3.8, 4) is 0 Å². The molecule has 27 heavy (non-hydrogen) atoms. The van der Waals surface area contributed by atoms with Crippen molar-refractivity contribution < 1.29 is 19.4 Å². The minimum Gasteiger partial charge on any atom is -0.481 e. The first kappa shape index (κ1) is 18.0.